The first kappa shape index (κ1) is 14.0. The average Bonchev–Trinajstić information content (AvgIpc) is 2.83. The van der Waals surface area contributed by atoms with Crippen molar-refractivity contribution in [2.45, 2.75) is 26.3 Å². The number of thiazole rings is 1. The Morgan fingerprint density at radius 2 is 1.95 bits per heavy atom. The first-order chi connectivity index (χ1) is 9.13. The van der Waals surface area contributed by atoms with Crippen molar-refractivity contribution in [1.29, 1.82) is 0 Å². The maximum atomic E-state index is 4.81. The fraction of sp³-hybridized carbons (Fsp3) is 0.400. The first-order valence-electron chi connectivity index (χ1n) is 6.56. The molecule has 1 aromatic heterocycles. The molecule has 0 unspecified atom stereocenters. The van der Waals surface area contributed by atoms with Gasteiger partial charge in [-0.1, -0.05) is 43.4 Å². The monoisotopic (exact) mass is 275 g/mol. The molecule has 102 valence electrons. The minimum atomic E-state index is 0.456. The summed E-state index contributed by atoms with van der Waals surface area (Å²) in [6.45, 7) is 5.27. The summed E-state index contributed by atoms with van der Waals surface area (Å²) >= 11 is 1.77. The van der Waals surface area contributed by atoms with Crippen molar-refractivity contribution in [3.8, 4) is 0 Å². The molecule has 0 aliphatic rings. The number of nitrogens with zero attached hydrogens (tertiary/aromatic N) is 2. The molecule has 1 heterocycles. The highest BCUT2D eigenvalue weighted by Crippen LogP contribution is 2.33. The molecular formula is C15H21N3S. The van der Waals surface area contributed by atoms with Gasteiger partial charge in [0.05, 0.1) is 5.69 Å². The number of rotatable bonds is 5. The first-order valence-corrected chi connectivity index (χ1v) is 7.38. The molecule has 0 amide bonds. The molecule has 0 bridgehead atoms. The zero-order valence-electron chi connectivity index (χ0n) is 12.0. The quantitative estimate of drug-likeness (QED) is 0.900. The van der Waals surface area contributed by atoms with Crippen LogP contribution in [0.15, 0.2) is 30.3 Å². The molecule has 2 aromatic rings. The minimum absolute atomic E-state index is 0.456. The third-order valence-corrected chi connectivity index (χ3v) is 4.18. The van der Waals surface area contributed by atoms with Gasteiger partial charge in [0.1, 0.15) is 0 Å². The van der Waals surface area contributed by atoms with Crippen LogP contribution < -0.4 is 10.2 Å². The van der Waals surface area contributed by atoms with Crippen LogP contribution in [0.25, 0.3) is 0 Å². The number of nitrogens with one attached hydrogen (secondary N) is 1. The van der Waals surface area contributed by atoms with Gasteiger partial charge in [-0.3, -0.25) is 0 Å². The Bertz CT molecular complexity index is 519. The van der Waals surface area contributed by atoms with Gasteiger partial charge >= 0.3 is 0 Å². The predicted molar refractivity (Wildman–Crippen MR) is 83.5 cm³/mol. The standard InChI is InChI=1S/C15H21N3S/c1-11(2)14-13(10-16-3)19-15(17-14)18(4)12-8-6-5-7-9-12/h5-9,11,16H,10H2,1-4H3. The van der Waals surface area contributed by atoms with Crippen LogP contribution in [0.1, 0.15) is 30.3 Å². The maximum absolute atomic E-state index is 4.81. The Hall–Kier alpha value is -1.39. The molecule has 0 radical (unpaired) electrons. The van der Waals surface area contributed by atoms with Crippen LogP contribution in [0.4, 0.5) is 10.8 Å². The molecule has 0 saturated heterocycles. The Kier molecular flexibility index (Phi) is 4.56. The van der Waals surface area contributed by atoms with Gasteiger partial charge in [0.15, 0.2) is 5.13 Å². The van der Waals surface area contributed by atoms with E-state index in [1.54, 1.807) is 11.3 Å². The normalized spacial score (nSPS) is 11.0. The molecule has 1 N–H and O–H groups in total. The fourth-order valence-corrected chi connectivity index (χ4v) is 3.20. The largest absolute Gasteiger partial charge is 0.321 e. The molecule has 0 spiro atoms. The SMILES string of the molecule is CNCc1sc(N(C)c2ccccc2)nc1C(C)C. The number of aromatic nitrogens is 1. The second-order valence-electron chi connectivity index (χ2n) is 4.88. The van der Waals surface area contributed by atoms with E-state index in [-0.39, 0.29) is 0 Å². The van der Waals surface area contributed by atoms with E-state index in [1.807, 2.05) is 13.1 Å². The highest BCUT2D eigenvalue weighted by atomic mass is 32.1. The summed E-state index contributed by atoms with van der Waals surface area (Å²) in [5.41, 5.74) is 2.37. The number of anilines is 2. The summed E-state index contributed by atoms with van der Waals surface area (Å²) in [6, 6.07) is 10.3. The van der Waals surface area contributed by atoms with Crippen molar-refractivity contribution in [1.82, 2.24) is 10.3 Å². The number of hydrogen-bond donors (Lipinski definition) is 1. The molecule has 3 nitrogen and oxygen atoms in total. The maximum Gasteiger partial charge on any atom is 0.190 e. The summed E-state index contributed by atoms with van der Waals surface area (Å²) in [5, 5.41) is 4.28. The average molecular weight is 275 g/mol. The van der Waals surface area contributed by atoms with Crippen molar-refractivity contribution < 1.29 is 0 Å². The second-order valence-corrected chi connectivity index (χ2v) is 5.95. The van der Waals surface area contributed by atoms with Gasteiger partial charge in [-0.2, -0.15) is 0 Å². The van der Waals surface area contributed by atoms with E-state index in [0.717, 1.165) is 11.7 Å². The lowest BCUT2D eigenvalue weighted by atomic mass is 10.1. The summed E-state index contributed by atoms with van der Waals surface area (Å²) in [7, 11) is 4.05. The van der Waals surface area contributed by atoms with Crippen LogP contribution in [0, 0.1) is 0 Å². The molecule has 0 saturated carbocycles. The second kappa shape index (κ2) is 6.17. The fourth-order valence-electron chi connectivity index (χ4n) is 1.99. The van der Waals surface area contributed by atoms with E-state index in [9.17, 15) is 0 Å². The van der Waals surface area contributed by atoms with Crippen LogP contribution in [0.2, 0.25) is 0 Å². The Morgan fingerprint density at radius 3 is 2.53 bits per heavy atom. The van der Waals surface area contributed by atoms with Gasteiger partial charge in [0.2, 0.25) is 0 Å². The smallest absolute Gasteiger partial charge is 0.190 e. The molecule has 19 heavy (non-hydrogen) atoms. The zero-order chi connectivity index (χ0) is 13.8. The van der Waals surface area contributed by atoms with Crippen LogP contribution in [0.3, 0.4) is 0 Å². The van der Waals surface area contributed by atoms with Crippen LogP contribution in [0.5, 0.6) is 0 Å². The molecule has 1 aromatic carbocycles. The molecule has 0 atom stereocenters. The lowest BCUT2D eigenvalue weighted by molar-refractivity contribution is 0.770. The summed E-state index contributed by atoms with van der Waals surface area (Å²) < 4.78 is 0. The van der Waals surface area contributed by atoms with Gasteiger partial charge in [-0.05, 0) is 25.1 Å². The molecule has 0 aliphatic heterocycles. The van der Waals surface area contributed by atoms with Crippen LogP contribution >= 0.6 is 11.3 Å². The van der Waals surface area contributed by atoms with Crippen LogP contribution in [-0.2, 0) is 6.54 Å². The molecule has 0 aliphatic carbocycles. The lowest BCUT2D eigenvalue weighted by Gasteiger charge is -2.15. The molecule has 2 rings (SSSR count). The van der Waals surface area contributed by atoms with Gasteiger partial charge in [-0.15, -0.1) is 0 Å². The topological polar surface area (TPSA) is 28.2 Å². The minimum Gasteiger partial charge on any atom is -0.321 e. The van der Waals surface area contributed by atoms with Crippen LogP contribution in [-0.4, -0.2) is 19.1 Å². The van der Waals surface area contributed by atoms with Crippen molar-refractivity contribution in [2.75, 3.05) is 19.0 Å². The molecular weight excluding hydrogens is 254 g/mol. The summed E-state index contributed by atoms with van der Waals surface area (Å²) in [6.07, 6.45) is 0. The highest BCUT2D eigenvalue weighted by molar-refractivity contribution is 7.15. The van der Waals surface area contributed by atoms with Crippen molar-refractivity contribution in [2.24, 2.45) is 0 Å². The molecule has 0 fully saturated rings. The third-order valence-electron chi connectivity index (χ3n) is 3.03. The highest BCUT2D eigenvalue weighted by Gasteiger charge is 2.16. The molecule has 4 heteroatoms. The van der Waals surface area contributed by atoms with Gasteiger partial charge in [-0.25, -0.2) is 4.98 Å². The predicted octanol–water partition coefficient (Wildman–Crippen LogP) is 3.75. The Morgan fingerprint density at radius 1 is 1.26 bits per heavy atom. The number of benzene rings is 1. The Balaban J connectivity index is 2.32. The van der Waals surface area contributed by atoms with E-state index in [2.05, 4.69) is 55.4 Å². The lowest BCUT2D eigenvalue weighted by Crippen LogP contribution is -2.09. The number of para-hydroxylation sites is 1. The van der Waals surface area contributed by atoms with Crippen molar-refractivity contribution >= 4 is 22.2 Å². The number of hydrogen-bond acceptors (Lipinski definition) is 4. The van der Waals surface area contributed by atoms with Gasteiger partial charge < -0.3 is 10.2 Å². The zero-order valence-corrected chi connectivity index (χ0v) is 12.8. The Labute approximate surface area is 119 Å². The van der Waals surface area contributed by atoms with Crippen molar-refractivity contribution in [3.63, 3.8) is 0 Å². The van der Waals surface area contributed by atoms with E-state index in [1.165, 1.54) is 16.3 Å². The van der Waals surface area contributed by atoms with E-state index in [4.69, 9.17) is 4.98 Å². The van der Waals surface area contributed by atoms with E-state index < -0.39 is 0 Å². The van der Waals surface area contributed by atoms with E-state index in [0.29, 0.717) is 5.92 Å². The van der Waals surface area contributed by atoms with Gasteiger partial charge in [0, 0.05) is 24.2 Å². The third kappa shape index (κ3) is 3.14. The van der Waals surface area contributed by atoms with Crippen molar-refractivity contribution in [3.05, 3.63) is 40.9 Å². The summed E-state index contributed by atoms with van der Waals surface area (Å²) in [5.74, 6) is 0.456. The van der Waals surface area contributed by atoms with Gasteiger partial charge in [0.25, 0.3) is 0 Å². The van der Waals surface area contributed by atoms with E-state index >= 15 is 0 Å². The summed E-state index contributed by atoms with van der Waals surface area (Å²) in [4.78, 5) is 8.29.